The summed E-state index contributed by atoms with van der Waals surface area (Å²) >= 11 is 0. The van der Waals surface area contributed by atoms with Crippen LogP contribution in [0.2, 0.25) is 0 Å². The minimum absolute atomic E-state index is 0.0856. The Morgan fingerprint density at radius 2 is 1.52 bits per heavy atom. The summed E-state index contributed by atoms with van der Waals surface area (Å²) in [6.45, 7) is 3.41. The molecule has 5 nitrogen and oxygen atoms in total. The van der Waals surface area contributed by atoms with Gasteiger partial charge in [0, 0.05) is 5.69 Å². The molecule has 1 atom stereocenters. The molecule has 0 aliphatic carbocycles. The van der Waals surface area contributed by atoms with Crippen LogP contribution >= 0.6 is 0 Å². The number of aliphatic hydroxyl groups is 1. The van der Waals surface area contributed by atoms with Crippen molar-refractivity contribution >= 4 is 17.5 Å². The van der Waals surface area contributed by atoms with Crippen molar-refractivity contribution in [1.29, 1.82) is 0 Å². The van der Waals surface area contributed by atoms with Gasteiger partial charge in [-0.2, -0.15) is 0 Å². The first-order valence-electron chi connectivity index (χ1n) is 9.39. The highest BCUT2D eigenvalue weighted by molar-refractivity contribution is 6.39. The van der Waals surface area contributed by atoms with E-state index < -0.39 is 17.4 Å². The van der Waals surface area contributed by atoms with Crippen LogP contribution in [0.4, 0.5) is 5.69 Å². The molecule has 1 unspecified atom stereocenters. The third-order valence-electron chi connectivity index (χ3n) is 4.69. The van der Waals surface area contributed by atoms with Crippen LogP contribution in [0.15, 0.2) is 78.9 Å². The summed E-state index contributed by atoms with van der Waals surface area (Å²) in [5, 5.41) is 15.8. The molecule has 0 saturated heterocycles. The fourth-order valence-corrected chi connectivity index (χ4v) is 3.00. The van der Waals surface area contributed by atoms with E-state index in [9.17, 15) is 14.7 Å². The minimum atomic E-state index is -1.31. The Morgan fingerprint density at radius 1 is 0.862 bits per heavy atom. The molecule has 0 fully saturated rings. The number of anilines is 1. The van der Waals surface area contributed by atoms with Gasteiger partial charge in [0.25, 0.3) is 0 Å². The van der Waals surface area contributed by atoms with Crippen LogP contribution in [0.3, 0.4) is 0 Å². The number of hydrogen-bond donors (Lipinski definition) is 3. The molecule has 0 bridgehead atoms. The number of benzene rings is 3. The number of amides is 2. The third-order valence-corrected chi connectivity index (χ3v) is 4.69. The summed E-state index contributed by atoms with van der Waals surface area (Å²) in [5.41, 5.74) is 2.98. The SMILES string of the molecule is Cc1cccc(NC(=O)C(=O)NCC(C)(O)c2ccc(-c3ccccc3)cc2)c1. The summed E-state index contributed by atoms with van der Waals surface area (Å²) in [7, 11) is 0. The average Bonchev–Trinajstić information content (AvgIpc) is 2.73. The summed E-state index contributed by atoms with van der Waals surface area (Å²) in [6, 6.07) is 24.6. The fraction of sp³-hybridized carbons (Fsp3) is 0.167. The molecule has 29 heavy (non-hydrogen) atoms. The van der Waals surface area contributed by atoms with Crippen molar-refractivity contribution in [3.8, 4) is 11.1 Å². The van der Waals surface area contributed by atoms with Crippen molar-refractivity contribution in [2.75, 3.05) is 11.9 Å². The first kappa shape index (κ1) is 20.3. The average molecular weight is 388 g/mol. The molecule has 0 saturated carbocycles. The molecule has 0 heterocycles. The van der Waals surface area contributed by atoms with E-state index >= 15 is 0 Å². The molecule has 0 aliphatic rings. The van der Waals surface area contributed by atoms with Crippen molar-refractivity contribution in [2.45, 2.75) is 19.4 Å². The van der Waals surface area contributed by atoms with E-state index in [1.165, 1.54) is 0 Å². The summed E-state index contributed by atoms with van der Waals surface area (Å²) in [4.78, 5) is 24.2. The van der Waals surface area contributed by atoms with Gasteiger partial charge in [-0.1, -0.05) is 66.7 Å². The zero-order valence-electron chi connectivity index (χ0n) is 16.5. The molecule has 3 rings (SSSR count). The predicted molar refractivity (Wildman–Crippen MR) is 114 cm³/mol. The van der Waals surface area contributed by atoms with Crippen molar-refractivity contribution in [2.24, 2.45) is 0 Å². The normalized spacial score (nSPS) is 12.7. The Kier molecular flexibility index (Phi) is 6.10. The number of hydrogen-bond acceptors (Lipinski definition) is 3. The number of carbonyl (C=O) groups is 2. The van der Waals surface area contributed by atoms with E-state index in [0.29, 0.717) is 11.3 Å². The lowest BCUT2D eigenvalue weighted by Gasteiger charge is -2.24. The van der Waals surface area contributed by atoms with Gasteiger partial charge in [0.15, 0.2) is 0 Å². The summed E-state index contributed by atoms with van der Waals surface area (Å²) in [6.07, 6.45) is 0. The van der Waals surface area contributed by atoms with Crippen molar-refractivity contribution < 1.29 is 14.7 Å². The van der Waals surface area contributed by atoms with Crippen molar-refractivity contribution in [3.05, 3.63) is 90.0 Å². The Balaban J connectivity index is 1.60. The minimum Gasteiger partial charge on any atom is -0.384 e. The molecule has 0 radical (unpaired) electrons. The molecule has 0 spiro atoms. The Bertz CT molecular complexity index is 996. The number of carbonyl (C=O) groups excluding carboxylic acids is 2. The van der Waals surface area contributed by atoms with E-state index in [1.807, 2.05) is 67.6 Å². The third kappa shape index (κ3) is 5.30. The largest absolute Gasteiger partial charge is 0.384 e. The van der Waals surface area contributed by atoms with Gasteiger partial charge < -0.3 is 15.7 Å². The van der Waals surface area contributed by atoms with Crippen LogP contribution in [0.1, 0.15) is 18.1 Å². The van der Waals surface area contributed by atoms with E-state index in [2.05, 4.69) is 10.6 Å². The van der Waals surface area contributed by atoms with Crippen LogP contribution < -0.4 is 10.6 Å². The number of aryl methyl sites for hydroxylation is 1. The van der Waals surface area contributed by atoms with Gasteiger partial charge in [-0.3, -0.25) is 9.59 Å². The lowest BCUT2D eigenvalue weighted by Crippen LogP contribution is -2.43. The first-order chi connectivity index (χ1) is 13.8. The molecule has 5 heteroatoms. The van der Waals surface area contributed by atoms with Crippen LogP contribution in [0.5, 0.6) is 0 Å². The zero-order chi connectivity index (χ0) is 20.9. The van der Waals surface area contributed by atoms with Gasteiger partial charge in [-0.25, -0.2) is 0 Å². The highest BCUT2D eigenvalue weighted by Gasteiger charge is 2.25. The van der Waals surface area contributed by atoms with E-state index in [0.717, 1.165) is 16.7 Å². The maximum absolute atomic E-state index is 12.1. The smallest absolute Gasteiger partial charge is 0.313 e. The maximum atomic E-state index is 12.1. The molecule has 0 aromatic heterocycles. The summed E-state index contributed by atoms with van der Waals surface area (Å²) in [5.74, 6) is -1.57. The molecule has 3 aromatic rings. The van der Waals surface area contributed by atoms with Gasteiger partial charge in [-0.15, -0.1) is 0 Å². The molecular formula is C24H24N2O3. The van der Waals surface area contributed by atoms with Crippen molar-refractivity contribution in [1.82, 2.24) is 5.32 Å². The molecule has 148 valence electrons. The zero-order valence-corrected chi connectivity index (χ0v) is 16.5. The van der Waals surface area contributed by atoms with E-state index in [1.54, 1.807) is 25.1 Å². The monoisotopic (exact) mass is 388 g/mol. The standard InChI is InChI=1S/C24H24N2O3/c1-17-7-6-10-21(15-17)26-23(28)22(27)25-16-24(2,29)20-13-11-19(12-14-20)18-8-4-3-5-9-18/h3-15,29H,16H2,1-2H3,(H,25,27)(H,26,28). The molecule has 2 amide bonds. The van der Waals surface area contributed by atoms with Gasteiger partial charge in [0.2, 0.25) is 0 Å². The Hall–Kier alpha value is -3.44. The second kappa shape index (κ2) is 8.71. The van der Waals surface area contributed by atoms with E-state index in [4.69, 9.17) is 0 Å². The van der Waals surface area contributed by atoms with Gasteiger partial charge >= 0.3 is 11.8 Å². The molecule has 3 N–H and O–H groups in total. The van der Waals surface area contributed by atoms with Gasteiger partial charge in [0.05, 0.1) is 6.54 Å². The maximum Gasteiger partial charge on any atom is 0.313 e. The lowest BCUT2D eigenvalue weighted by molar-refractivity contribution is -0.136. The second-order valence-corrected chi connectivity index (χ2v) is 7.22. The predicted octanol–water partition coefficient (Wildman–Crippen LogP) is 3.62. The van der Waals surface area contributed by atoms with E-state index in [-0.39, 0.29) is 6.54 Å². The van der Waals surface area contributed by atoms with Gasteiger partial charge in [-0.05, 0) is 48.2 Å². The highest BCUT2D eigenvalue weighted by Crippen LogP contribution is 2.24. The number of nitrogens with one attached hydrogen (secondary N) is 2. The number of rotatable bonds is 5. The summed E-state index contributed by atoms with van der Waals surface area (Å²) < 4.78 is 0. The van der Waals surface area contributed by atoms with Crippen LogP contribution in [-0.2, 0) is 15.2 Å². The lowest BCUT2D eigenvalue weighted by atomic mass is 9.93. The first-order valence-corrected chi connectivity index (χ1v) is 9.39. The van der Waals surface area contributed by atoms with Crippen LogP contribution in [0, 0.1) is 6.92 Å². The van der Waals surface area contributed by atoms with Crippen LogP contribution in [-0.4, -0.2) is 23.5 Å². The Labute approximate surface area is 170 Å². The quantitative estimate of drug-likeness (QED) is 0.584. The Morgan fingerprint density at radius 3 is 2.17 bits per heavy atom. The van der Waals surface area contributed by atoms with Crippen LogP contribution in [0.25, 0.3) is 11.1 Å². The second-order valence-electron chi connectivity index (χ2n) is 7.22. The molecule has 3 aromatic carbocycles. The van der Waals surface area contributed by atoms with Crippen molar-refractivity contribution in [3.63, 3.8) is 0 Å². The fourth-order valence-electron chi connectivity index (χ4n) is 3.00. The molecule has 0 aliphatic heterocycles. The van der Waals surface area contributed by atoms with Gasteiger partial charge in [0.1, 0.15) is 5.60 Å². The molecular weight excluding hydrogens is 364 g/mol. The topological polar surface area (TPSA) is 78.4 Å². The highest BCUT2D eigenvalue weighted by atomic mass is 16.3.